The van der Waals surface area contributed by atoms with Crippen molar-refractivity contribution in [1.29, 1.82) is 0 Å². The maximum Gasteiger partial charge on any atom is 0.328 e. The van der Waals surface area contributed by atoms with Gasteiger partial charge in [0, 0.05) is 12.6 Å². The Morgan fingerprint density at radius 2 is 2.67 bits per heavy atom. The van der Waals surface area contributed by atoms with Gasteiger partial charge in [-0.25, -0.2) is 0 Å². The number of carbonyl (C=O) groups excluding carboxylic acids is 1. The Labute approximate surface area is 87.0 Å². The van der Waals surface area contributed by atoms with E-state index in [0.29, 0.717) is 19.0 Å². The smallest absolute Gasteiger partial charge is 0.328 e. The molecule has 2 N–H and O–H groups in total. The van der Waals surface area contributed by atoms with E-state index in [1.807, 2.05) is 0 Å². The molecule has 6 nitrogen and oxygen atoms in total. The van der Waals surface area contributed by atoms with Crippen LogP contribution in [0, 0.1) is 0 Å². The Morgan fingerprint density at radius 1 is 1.80 bits per heavy atom. The average molecular weight is 211 g/mol. The number of aromatic nitrogens is 2. The first kappa shape index (κ1) is 9.97. The molecule has 82 valence electrons. The highest BCUT2D eigenvalue weighted by molar-refractivity contribution is 5.69. The molecule has 1 atom stereocenters. The van der Waals surface area contributed by atoms with E-state index >= 15 is 0 Å². The van der Waals surface area contributed by atoms with Crippen LogP contribution in [0.5, 0.6) is 0 Å². The molecular weight excluding hydrogens is 198 g/mol. The number of rotatable bonds is 3. The number of nitrogens with zero attached hydrogens (tertiary/aromatic N) is 2. The van der Waals surface area contributed by atoms with Crippen LogP contribution in [0.3, 0.4) is 0 Å². The fourth-order valence-electron chi connectivity index (χ4n) is 1.43. The van der Waals surface area contributed by atoms with Crippen molar-refractivity contribution in [2.75, 3.05) is 18.9 Å². The first-order valence-electron chi connectivity index (χ1n) is 4.80. The van der Waals surface area contributed by atoms with Gasteiger partial charge in [0.05, 0.1) is 13.2 Å². The van der Waals surface area contributed by atoms with Crippen molar-refractivity contribution in [3.63, 3.8) is 0 Å². The normalized spacial score (nSPS) is 20.4. The lowest BCUT2D eigenvalue weighted by molar-refractivity contribution is -0.149. The summed E-state index contributed by atoms with van der Waals surface area (Å²) in [5, 5.41) is 3.89. The summed E-state index contributed by atoms with van der Waals surface area (Å²) in [6.07, 6.45) is 2.31. The lowest BCUT2D eigenvalue weighted by Crippen LogP contribution is -2.22. The van der Waals surface area contributed by atoms with Gasteiger partial charge in [-0.2, -0.15) is 5.10 Å². The van der Waals surface area contributed by atoms with Gasteiger partial charge in [-0.05, 0) is 6.07 Å². The summed E-state index contributed by atoms with van der Waals surface area (Å²) in [5.74, 6) is 0.0839. The summed E-state index contributed by atoms with van der Waals surface area (Å²) in [7, 11) is 0. The topological polar surface area (TPSA) is 79.4 Å². The first-order chi connectivity index (χ1) is 7.24. The average Bonchev–Trinajstić information content (AvgIpc) is 2.77. The number of ether oxygens (including phenoxy) is 2. The van der Waals surface area contributed by atoms with Crippen LogP contribution in [0.25, 0.3) is 0 Å². The minimum atomic E-state index is -0.311. The van der Waals surface area contributed by atoms with Crippen molar-refractivity contribution < 1.29 is 14.3 Å². The zero-order chi connectivity index (χ0) is 10.7. The molecule has 0 aliphatic carbocycles. The van der Waals surface area contributed by atoms with Crippen molar-refractivity contribution in [3.8, 4) is 0 Å². The second kappa shape index (κ2) is 4.31. The molecule has 1 saturated heterocycles. The van der Waals surface area contributed by atoms with E-state index in [4.69, 9.17) is 15.2 Å². The molecule has 0 aromatic carbocycles. The van der Waals surface area contributed by atoms with E-state index in [9.17, 15) is 4.79 Å². The van der Waals surface area contributed by atoms with Crippen LogP contribution in [0.1, 0.15) is 6.42 Å². The molecule has 0 bridgehead atoms. The van der Waals surface area contributed by atoms with Gasteiger partial charge < -0.3 is 15.2 Å². The molecule has 0 amide bonds. The van der Waals surface area contributed by atoms with Crippen molar-refractivity contribution in [2.45, 2.75) is 19.1 Å². The Kier molecular flexibility index (Phi) is 2.86. The van der Waals surface area contributed by atoms with Crippen molar-refractivity contribution >= 4 is 11.8 Å². The van der Waals surface area contributed by atoms with Crippen LogP contribution in [0.15, 0.2) is 12.3 Å². The van der Waals surface area contributed by atoms with Crippen molar-refractivity contribution in [3.05, 3.63) is 12.3 Å². The van der Waals surface area contributed by atoms with E-state index in [1.54, 1.807) is 12.3 Å². The van der Waals surface area contributed by atoms with Crippen LogP contribution < -0.4 is 5.73 Å². The van der Waals surface area contributed by atoms with Gasteiger partial charge in [0.25, 0.3) is 0 Å². The number of anilines is 1. The summed E-state index contributed by atoms with van der Waals surface area (Å²) in [4.78, 5) is 11.4. The van der Waals surface area contributed by atoms with Gasteiger partial charge in [-0.3, -0.25) is 9.48 Å². The summed E-state index contributed by atoms with van der Waals surface area (Å²) in [6, 6.07) is 1.63. The van der Waals surface area contributed by atoms with Gasteiger partial charge in [-0.1, -0.05) is 0 Å². The lowest BCUT2D eigenvalue weighted by Gasteiger charge is -2.09. The van der Waals surface area contributed by atoms with Gasteiger partial charge >= 0.3 is 5.97 Å². The van der Waals surface area contributed by atoms with E-state index in [2.05, 4.69) is 5.10 Å². The predicted octanol–water partition coefficient (Wildman–Crippen LogP) is -0.203. The molecular formula is C9H13N3O3. The summed E-state index contributed by atoms with van der Waals surface area (Å²) < 4.78 is 11.7. The fourth-order valence-corrected chi connectivity index (χ4v) is 1.43. The van der Waals surface area contributed by atoms with Crippen molar-refractivity contribution in [2.24, 2.45) is 0 Å². The third-order valence-electron chi connectivity index (χ3n) is 2.14. The molecule has 2 rings (SSSR count). The van der Waals surface area contributed by atoms with Gasteiger partial charge in [0.15, 0.2) is 0 Å². The Bertz CT molecular complexity index is 344. The molecule has 1 aromatic rings. The van der Waals surface area contributed by atoms with Crippen LogP contribution in [-0.2, 0) is 20.8 Å². The van der Waals surface area contributed by atoms with E-state index < -0.39 is 0 Å². The summed E-state index contributed by atoms with van der Waals surface area (Å²) in [6.45, 7) is 1.24. The van der Waals surface area contributed by atoms with Crippen LogP contribution in [0.4, 0.5) is 5.82 Å². The Morgan fingerprint density at radius 3 is 3.27 bits per heavy atom. The molecule has 2 heterocycles. The molecule has 1 unspecified atom stereocenters. The second-order valence-corrected chi connectivity index (χ2v) is 3.41. The molecule has 1 aromatic heterocycles. The highest BCUT2D eigenvalue weighted by Crippen LogP contribution is 2.08. The molecule has 0 spiro atoms. The molecule has 15 heavy (non-hydrogen) atoms. The highest BCUT2D eigenvalue weighted by Gasteiger charge is 2.19. The van der Waals surface area contributed by atoms with Crippen LogP contribution >= 0.6 is 0 Å². The van der Waals surface area contributed by atoms with E-state index in [0.717, 1.165) is 6.42 Å². The molecule has 1 fully saturated rings. The predicted molar refractivity (Wildman–Crippen MR) is 52.0 cm³/mol. The van der Waals surface area contributed by atoms with Crippen molar-refractivity contribution in [1.82, 2.24) is 9.78 Å². The SMILES string of the molecule is Nc1ccn(CC(=O)OC2CCOC2)n1. The monoisotopic (exact) mass is 211 g/mol. The largest absolute Gasteiger partial charge is 0.458 e. The minimum Gasteiger partial charge on any atom is -0.458 e. The third-order valence-corrected chi connectivity index (χ3v) is 2.14. The molecule has 1 aliphatic heterocycles. The van der Waals surface area contributed by atoms with Gasteiger partial charge in [0.1, 0.15) is 18.5 Å². The number of nitrogens with two attached hydrogens (primary N) is 1. The molecule has 6 heteroatoms. The zero-order valence-corrected chi connectivity index (χ0v) is 8.26. The number of esters is 1. The lowest BCUT2D eigenvalue weighted by atomic mass is 10.3. The highest BCUT2D eigenvalue weighted by atomic mass is 16.6. The van der Waals surface area contributed by atoms with Crippen LogP contribution in [0.2, 0.25) is 0 Å². The number of carbonyl (C=O) groups is 1. The quantitative estimate of drug-likeness (QED) is 0.700. The third kappa shape index (κ3) is 2.69. The van der Waals surface area contributed by atoms with Gasteiger partial charge in [0.2, 0.25) is 0 Å². The number of hydrogen-bond donors (Lipinski definition) is 1. The fraction of sp³-hybridized carbons (Fsp3) is 0.556. The van der Waals surface area contributed by atoms with E-state index in [-0.39, 0.29) is 18.6 Å². The van der Waals surface area contributed by atoms with E-state index in [1.165, 1.54) is 4.68 Å². The maximum atomic E-state index is 11.4. The standard InChI is InChI=1S/C9H13N3O3/c10-8-1-3-12(11-8)5-9(13)15-7-2-4-14-6-7/h1,3,7H,2,4-6H2,(H2,10,11). The van der Waals surface area contributed by atoms with Crippen LogP contribution in [-0.4, -0.2) is 35.1 Å². The minimum absolute atomic E-state index is 0.0910. The molecule has 0 radical (unpaired) electrons. The molecule has 1 aliphatic rings. The number of nitrogen functional groups attached to an aromatic ring is 1. The summed E-state index contributed by atoms with van der Waals surface area (Å²) >= 11 is 0. The summed E-state index contributed by atoms with van der Waals surface area (Å²) in [5.41, 5.74) is 5.41. The Balaban J connectivity index is 1.81. The number of hydrogen-bond acceptors (Lipinski definition) is 5. The first-order valence-corrected chi connectivity index (χ1v) is 4.80. The maximum absolute atomic E-state index is 11.4. The molecule has 0 saturated carbocycles. The second-order valence-electron chi connectivity index (χ2n) is 3.41. The van der Waals surface area contributed by atoms with Gasteiger partial charge in [-0.15, -0.1) is 0 Å². The Hall–Kier alpha value is -1.56. The zero-order valence-electron chi connectivity index (χ0n) is 8.26.